The number of carbonyl (C=O) groups is 2. The second-order valence-corrected chi connectivity index (χ2v) is 4.39. The maximum atomic E-state index is 13.1. The second-order valence-electron chi connectivity index (χ2n) is 4.39. The largest absolute Gasteiger partial charge is 0.481 e. The monoisotopic (exact) mass is 298 g/mol. The van der Waals surface area contributed by atoms with Gasteiger partial charge in [-0.25, -0.2) is 0 Å². The Morgan fingerprint density at radius 2 is 2.05 bits per heavy atom. The number of carboxylic acid groups (broad SMARTS) is 1. The number of rotatable bonds is 8. The van der Waals surface area contributed by atoms with E-state index in [2.05, 4.69) is 5.32 Å². The number of nitrogens with zero attached hydrogens (tertiary/aromatic N) is 1. The molecule has 0 spiro atoms. The predicted molar refractivity (Wildman–Crippen MR) is 71.3 cm³/mol. The minimum atomic E-state index is -0.992. The topological polar surface area (TPSA) is 110 Å². The van der Waals surface area contributed by atoms with Crippen molar-refractivity contribution in [2.75, 3.05) is 6.54 Å². The zero-order valence-electron chi connectivity index (χ0n) is 11.2. The lowest BCUT2D eigenvalue weighted by atomic mass is 10.1. The summed E-state index contributed by atoms with van der Waals surface area (Å²) in [6.45, 7) is 0.0657. The van der Waals surface area contributed by atoms with Gasteiger partial charge in [0.1, 0.15) is 0 Å². The Bertz CT molecular complexity index is 547. The van der Waals surface area contributed by atoms with E-state index in [1.54, 1.807) is 0 Å². The van der Waals surface area contributed by atoms with Crippen molar-refractivity contribution in [2.24, 2.45) is 0 Å². The SMILES string of the molecule is O=C(O)CCNC(=O)CCCc1ccc(F)c([N+](=O)[O-])c1. The molecule has 0 atom stereocenters. The van der Waals surface area contributed by atoms with Gasteiger partial charge in [-0.3, -0.25) is 19.7 Å². The number of nitrogens with one attached hydrogen (secondary N) is 1. The van der Waals surface area contributed by atoms with E-state index >= 15 is 0 Å². The highest BCUT2D eigenvalue weighted by Crippen LogP contribution is 2.19. The van der Waals surface area contributed by atoms with Crippen LogP contribution in [0.5, 0.6) is 0 Å². The van der Waals surface area contributed by atoms with Gasteiger partial charge in [-0.1, -0.05) is 6.07 Å². The van der Waals surface area contributed by atoms with Crippen molar-refractivity contribution < 1.29 is 24.0 Å². The highest BCUT2D eigenvalue weighted by molar-refractivity contribution is 5.76. The first kappa shape index (κ1) is 16.5. The van der Waals surface area contributed by atoms with E-state index in [1.807, 2.05) is 0 Å². The maximum absolute atomic E-state index is 13.1. The molecule has 21 heavy (non-hydrogen) atoms. The molecule has 1 amide bonds. The first-order chi connectivity index (χ1) is 9.90. The van der Waals surface area contributed by atoms with Gasteiger partial charge in [-0.2, -0.15) is 4.39 Å². The molecule has 114 valence electrons. The van der Waals surface area contributed by atoms with E-state index in [9.17, 15) is 24.1 Å². The van der Waals surface area contributed by atoms with Crippen LogP contribution in [0.15, 0.2) is 18.2 Å². The van der Waals surface area contributed by atoms with E-state index in [1.165, 1.54) is 6.07 Å². The first-order valence-corrected chi connectivity index (χ1v) is 6.31. The van der Waals surface area contributed by atoms with E-state index < -0.39 is 22.4 Å². The van der Waals surface area contributed by atoms with Crippen LogP contribution >= 0.6 is 0 Å². The molecule has 0 radical (unpaired) electrons. The van der Waals surface area contributed by atoms with Crippen molar-refractivity contribution in [2.45, 2.75) is 25.7 Å². The van der Waals surface area contributed by atoms with Crippen LogP contribution in [0, 0.1) is 15.9 Å². The minimum Gasteiger partial charge on any atom is -0.481 e. The molecule has 0 heterocycles. The Balaban J connectivity index is 2.39. The summed E-state index contributed by atoms with van der Waals surface area (Å²) in [6.07, 6.45) is 0.857. The van der Waals surface area contributed by atoms with Crippen LogP contribution in [-0.2, 0) is 16.0 Å². The van der Waals surface area contributed by atoms with Gasteiger partial charge in [0.05, 0.1) is 11.3 Å². The number of amides is 1. The summed E-state index contributed by atoms with van der Waals surface area (Å²) < 4.78 is 13.1. The molecule has 0 saturated heterocycles. The van der Waals surface area contributed by atoms with Gasteiger partial charge in [0, 0.05) is 19.0 Å². The number of hydrogen-bond donors (Lipinski definition) is 2. The smallest absolute Gasteiger partial charge is 0.305 e. The van der Waals surface area contributed by atoms with Gasteiger partial charge in [-0.05, 0) is 24.5 Å². The molecular weight excluding hydrogens is 283 g/mol. The number of halogens is 1. The lowest BCUT2D eigenvalue weighted by molar-refractivity contribution is -0.387. The first-order valence-electron chi connectivity index (χ1n) is 6.31. The number of nitro groups is 1. The van der Waals surface area contributed by atoms with Crippen molar-refractivity contribution in [3.63, 3.8) is 0 Å². The summed E-state index contributed by atoms with van der Waals surface area (Å²) in [5.74, 6) is -2.17. The molecule has 0 aliphatic rings. The Morgan fingerprint density at radius 1 is 1.33 bits per heavy atom. The summed E-state index contributed by atoms with van der Waals surface area (Å²) >= 11 is 0. The molecule has 1 rings (SSSR count). The molecule has 0 aromatic heterocycles. The van der Waals surface area contributed by atoms with E-state index in [-0.39, 0.29) is 25.3 Å². The quantitative estimate of drug-likeness (QED) is 0.560. The van der Waals surface area contributed by atoms with Crippen molar-refractivity contribution in [1.82, 2.24) is 5.32 Å². The van der Waals surface area contributed by atoms with Crippen LogP contribution in [0.25, 0.3) is 0 Å². The van der Waals surface area contributed by atoms with Gasteiger partial charge in [-0.15, -0.1) is 0 Å². The number of benzene rings is 1. The fraction of sp³-hybridized carbons (Fsp3) is 0.385. The van der Waals surface area contributed by atoms with Crippen molar-refractivity contribution in [1.29, 1.82) is 0 Å². The van der Waals surface area contributed by atoms with Crippen LogP contribution in [0.4, 0.5) is 10.1 Å². The van der Waals surface area contributed by atoms with Gasteiger partial charge < -0.3 is 10.4 Å². The molecule has 2 N–H and O–H groups in total. The number of aryl methyl sites for hydroxylation is 1. The predicted octanol–water partition coefficient (Wildman–Crippen LogP) is 1.65. The number of aliphatic carboxylic acids is 1. The third-order valence-electron chi connectivity index (χ3n) is 2.74. The van der Waals surface area contributed by atoms with E-state index in [4.69, 9.17) is 5.11 Å². The lowest BCUT2D eigenvalue weighted by Crippen LogP contribution is -2.25. The van der Waals surface area contributed by atoms with Gasteiger partial charge in [0.25, 0.3) is 0 Å². The van der Waals surface area contributed by atoms with Crippen molar-refractivity contribution in [3.05, 3.63) is 39.7 Å². The molecule has 0 aliphatic heterocycles. The molecule has 0 saturated carbocycles. The Labute approximate surface area is 119 Å². The fourth-order valence-corrected chi connectivity index (χ4v) is 1.70. The molecule has 0 aliphatic carbocycles. The highest BCUT2D eigenvalue weighted by atomic mass is 19.1. The lowest BCUT2D eigenvalue weighted by Gasteiger charge is -2.04. The van der Waals surface area contributed by atoms with Gasteiger partial charge in [0.15, 0.2) is 0 Å². The number of carbonyl (C=O) groups excluding carboxylic acids is 1. The zero-order chi connectivity index (χ0) is 15.8. The third-order valence-corrected chi connectivity index (χ3v) is 2.74. The highest BCUT2D eigenvalue weighted by Gasteiger charge is 2.14. The van der Waals surface area contributed by atoms with Crippen LogP contribution in [0.3, 0.4) is 0 Å². The molecule has 0 unspecified atom stereocenters. The van der Waals surface area contributed by atoms with Crippen molar-refractivity contribution >= 4 is 17.6 Å². The van der Waals surface area contributed by atoms with E-state index in [0.29, 0.717) is 18.4 Å². The summed E-state index contributed by atoms with van der Waals surface area (Å²) in [4.78, 5) is 31.4. The fourth-order valence-electron chi connectivity index (χ4n) is 1.70. The zero-order valence-corrected chi connectivity index (χ0v) is 11.2. The third kappa shape index (κ3) is 5.98. The van der Waals surface area contributed by atoms with Gasteiger partial charge >= 0.3 is 11.7 Å². The average Bonchev–Trinajstić information content (AvgIpc) is 2.40. The number of hydrogen-bond acceptors (Lipinski definition) is 4. The molecule has 0 bridgehead atoms. The molecule has 8 heteroatoms. The van der Waals surface area contributed by atoms with Crippen LogP contribution in [-0.4, -0.2) is 28.5 Å². The standard InChI is InChI=1S/C13H15FN2O5/c14-10-5-4-9(8-11(10)16(20)21)2-1-3-12(17)15-7-6-13(18)19/h4-5,8H,1-3,6-7H2,(H,15,17)(H,18,19). The Morgan fingerprint density at radius 3 is 2.67 bits per heavy atom. The van der Waals surface area contributed by atoms with Crippen LogP contribution in [0.2, 0.25) is 0 Å². The molecule has 7 nitrogen and oxygen atoms in total. The van der Waals surface area contributed by atoms with Crippen LogP contribution < -0.4 is 5.32 Å². The normalized spacial score (nSPS) is 10.1. The second kappa shape index (κ2) is 7.93. The average molecular weight is 298 g/mol. The number of nitro benzene ring substituents is 1. The van der Waals surface area contributed by atoms with Crippen molar-refractivity contribution in [3.8, 4) is 0 Å². The minimum absolute atomic E-state index is 0.0657. The molecule has 1 aromatic carbocycles. The Hall–Kier alpha value is -2.51. The van der Waals surface area contributed by atoms with E-state index in [0.717, 1.165) is 12.1 Å². The summed E-state index contributed by atoms with van der Waals surface area (Å²) in [6, 6.07) is 3.61. The summed E-state index contributed by atoms with van der Waals surface area (Å²) in [7, 11) is 0. The maximum Gasteiger partial charge on any atom is 0.305 e. The van der Waals surface area contributed by atoms with Gasteiger partial charge in [0.2, 0.25) is 11.7 Å². The molecular formula is C13H15FN2O5. The Kier molecular flexibility index (Phi) is 6.25. The molecule has 0 fully saturated rings. The number of carboxylic acids is 1. The summed E-state index contributed by atoms with van der Waals surface area (Å²) in [5.41, 5.74) is -0.0140. The van der Waals surface area contributed by atoms with Crippen LogP contribution in [0.1, 0.15) is 24.8 Å². The molecule has 1 aromatic rings. The summed E-state index contributed by atoms with van der Waals surface area (Å²) in [5, 5.41) is 21.4.